The Morgan fingerprint density at radius 3 is 2.34 bits per heavy atom. The van der Waals surface area contributed by atoms with Gasteiger partial charge in [0, 0.05) is 47.3 Å². The van der Waals surface area contributed by atoms with Gasteiger partial charge in [-0.2, -0.15) is 0 Å². The summed E-state index contributed by atoms with van der Waals surface area (Å²) >= 11 is 1.77. The van der Waals surface area contributed by atoms with E-state index in [-0.39, 0.29) is 24.1 Å². The Kier molecular flexibility index (Phi) is 11.3. The van der Waals surface area contributed by atoms with Gasteiger partial charge in [0.2, 0.25) is 0 Å². The lowest BCUT2D eigenvalue weighted by Gasteiger charge is -2.37. The molecule has 0 saturated carbocycles. The van der Waals surface area contributed by atoms with E-state index in [4.69, 9.17) is 18.9 Å². The number of phenols is 1. The molecule has 3 aromatic rings. The molecule has 1 aliphatic rings. The average molecular weight is 541 g/mol. The number of fused-ring (bicyclic) bond motifs is 1. The minimum Gasteiger partial charge on any atom is -0.508 e. The van der Waals surface area contributed by atoms with Crippen LogP contribution in [0.4, 0.5) is 0 Å². The van der Waals surface area contributed by atoms with Gasteiger partial charge in [-0.15, -0.1) is 11.3 Å². The zero-order valence-corrected chi connectivity index (χ0v) is 24.1. The summed E-state index contributed by atoms with van der Waals surface area (Å²) in [5.74, 6) is 0.976. The van der Waals surface area contributed by atoms with Crippen LogP contribution in [-0.4, -0.2) is 43.7 Å². The topological polar surface area (TPSA) is 57.2 Å². The van der Waals surface area contributed by atoms with Crippen molar-refractivity contribution in [3.8, 4) is 11.5 Å². The molecule has 2 heterocycles. The van der Waals surface area contributed by atoms with Gasteiger partial charge in [-0.1, -0.05) is 58.2 Å². The summed E-state index contributed by atoms with van der Waals surface area (Å²) in [6.45, 7) is 9.07. The van der Waals surface area contributed by atoms with Gasteiger partial charge in [0.05, 0.1) is 25.4 Å². The third-order valence-electron chi connectivity index (χ3n) is 7.14. The lowest BCUT2D eigenvalue weighted by Crippen LogP contribution is -2.42. The van der Waals surface area contributed by atoms with Crippen molar-refractivity contribution in [2.75, 3.05) is 26.4 Å². The number of benzene rings is 2. The van der Waals surface area contributed by atoms with Crippen LogP contribution in [-0.2, 0) is 20.6 Å². The fourth-order valence-electron chi connectivity index (χ4n) is 4.84. The van der Waals surface area contributed by atoms with Gasteiger partial charge in [-0.25, -0.2) is 0 Å². The highest BCUT2D eigenvalue weighted by Crippen LogP contribution is 2.40. The highest BCUT2D eigenvalue weighted by atomic mass is 32.1. The summed E-state index contributed by atoms with van der Waals surface area (Å²) < 4.78 is 26.4. The van der Waals surface area contributed by atoms with Crippen LogP contribution in [0.15, 0.2) is 42.5 Å². The van der Waals surface area contributed by atoms with E-state index in [0.717, 1.165) is 62.9 Å². The standard InChI is InChI=1S/C32H44O5S/c1-4-7-14-34-28-20-27(33)24(18-25-17-23-12-10-11-13-32(23)38-25)19-26(28)29-21-30(35-15-8-5-2)31(22-37-29)36-16-9-6-3/h10-13,17,19-20,29-31,33H,4-9,14-16,18,21-22H2,1-3H3/t29-,30-,31-/m1/s1. The molecule has 1 aliphatic heterocycles. The Hall–Kier alpha value is -2.12. The molecule has 1 saturated heterocycles. The van der Waals surface area contributed by atoms with E-state index in [1.54, 1.807) is 17.4 Å². The lowest BCUT2D eigenvalue weighted by atomic mass is 9.94. The van der Waals surface area contributed by atoms with Gasteiger partial charge in [0.1, 0.15) is 17.6 Å². The predicted molar refractivity (Wildman–Crippen MR) is 156 cm³/mol. The maximum Gasteiger partial charge on any atom is 0.128 e. The zero-order valence-electron chi connectivity index (χ0n) is 23.2. The average Bonchev–Trinajstić information content (AvgIpc) is 3.34. The molecule has 1 fully saturated rings. The predicted octanol–water partition coefficient (Wildman–Crippen LogP) is 8.21. The molecular weight excluding hydrogens is 496 g/mol. The molecule has 0 radical (unpaired) electrons. The van der Waals surface area contributed by atoms with E-state index >= 15 is 0 Å². The monoisotopic (exact) mass is 540 g/mol. The molecule has 208 valence electrons. The number of rotatable bonds is 15. The third-order valence-corrected chi connectivity index (χ3v) is 8.25. The van der Waals surface area contributed by atoms with Crippen LogP contribution in [0.3, 0.4) is 0 Å². The van der Waals surface area contributed by atoms with Crippen molar-refractivity contribution in [2.24, 2.45) is 0 Å². The summed E-state index contributed by atoms with van der Waals surface area (Å²) in [7, 11) is 0. The van der Waals surface area contributed by atoms with Crippen LogP contribution >= 0.6 is 11.3 Å². The summed E-state index contributed by atoms with van der Waals surface area (Å²) in [6, 6.07) is 14.5. The van der Waals surface area contributed by atoms with Crippen molar-refractivity contribution < 1.29 is 24.1 Å². The first-order chi connectivity index (χ1) is 18.6. The molecule has 0 bridgehead atoms. The first-order valence-corrected chi connectivity index (χ1v) is 15.2. The van der Waals surface area contributed by atoms with Crippen LogP contribution in [0.2, 0.25) is 0 Å². The van der Waals surface area contributed by atoms with Gasteiger partial charge < -0.3 is 24.1 Å². The van der Waals surface area contributed by atoms with Crippen LogP contribution in [0.1, 0.15) is 87.8 Å². The molecule has 0 aliphatic carbocycles. The first kappa shape index (κ1) is 28.9. The Balaban J connectivity index is 1.58. The molecule has 0 spiro atoms. The van der Waals surface area contributed by atoms with Crippen LogP contribution in [0.5, 0.6) is 11.5 Å². The van der Waals surface area contributed by atoms with Crippen molar-refractivity contribution in [2.45, 2.75) is 90.4 Å². The number of hydrogen-bond donors (Lipinski definition) is 1. The van der Waals surface area contributed by atoms with Crippen LogP contribution < -0.4 is 4.74 Å². The Labute approximate surface area is 232 Å². The molecule has 3 atom stereocenters. The fraction of sp³-hybridized carbons (Fsp3) is 0.562. The minimum atomic E-state index is -0.175. The normalized spacial score (nSPS) is 19.7. The fourth-order valence-corrected chi connectivity index (χ4v) is 5.93. The second kappa shape index (κ2) is 14.9. The Morgan fingerprint density at radius 1 is 0.895 bits per heavy atom. The molecule has 4 rings (SSSR count). The van der Waals surface area contributed by atoms with Crippen molar-refractivity contribution in [1.82, 2.24) is 0 Å². The summed E-state index contributed by atoms with van der Waals surface area (Å²) in [5.41, 5.74) is 1.88. The summed E-state index contributed by atoms with van der Waals surface area (Å²) in [6.07, 6.45) is 7.40. The number of ether oxygens (including phenoxy) is 4. The minimum absolute atomic E-state index is 0.0273. The first-order valence-electron chi connectivity index (χ1n) is 14.4. The van der Waals surface area contributed by atoms with Crippen molar-refractivity contribution >= 4 is 21.4 Å². The van der Waals surface area contributed by atoms with Crippen LogP contribution in [0, 0.1) is 0 Å². The Morgan fingerprint density at radius 2 is 1.61 bits per heavy atom. The molecule has 0 amide bonds. The second-order valence-corrected chi connectivity index (χ2v) is 11.4. The van der Waals surface area contributed by atoms with Crippen molar-refractivity contribution in [3.05, 3.63) is 58.5 Å². The highest BCUT2D eigenvalue weighted by Gasteiger charge is 2.35. The summed E-state index contributed by atoms with van der Waals surface area (Å²) in [5, 5.41) is 12.2. The van der Waals surface area contributed by atoms with Crippen molar-refractivity contribution in [3.63, 3.8) is 0 Å². The molecule has 1 aromatic heterocycles. The Bertz CT molecular complexity index is 1090. The third kappa shape index (κ3) is 7.72. The number of thiophene rings is 1. The van der Waals surface area contributed by atoms with E-state index in [1.165, 1.54) is 15.0 Å². The van der Waals surface area contributed by atoms with Crippen LogP contribution in [0.25, 0.3) is 10.1 Å². The van der Waals surface area contributed by atoms with E-state index in [1.807, 2.05) is 0 Å². The largest absolute Gasteiger partial charge is 0.508 e. The molecular formula is C32H44O5S. The number of unbranched alkanes of at least 4 members (excludes halogenated alkanes) is 3. The molecule has 2 aromatic carbocycles. The molecule has 38 heavy (non-hydrogen) atoms. The van der Waals surface area contributed by atoms with E-state index < -0.39 is 0 Å². The molecule has 6 heteroatoms. The van der Waals surface area contributed by atoms with Gasteiger partial charge >= 0.3 is 0 Å². The number of aromatic hydroxyl groups is 1. The number of hydrogen-bond acceptors (Lipinski definition) is 6. The number of phenolic OH excluding ortho intramolecular Hbond substituents is 1. The molecule has 0 unspecified atom stereocenters. The van der Waals surface area contributed by atoms with Gasteiger partial charge in [0.15, 0.2) is 0 Å². The van der Waals surface area contributed by atoms with E-state index in [9.17, 15) is 5.11 Å². The van der Waals surface area contributed by atoms with Gasteiger partial charge in [-0.3, -0.25) is 0 Å². The second-order valence-electron chi connectivity index (χ2n) is 10.2. The smallest absolute Gasteiger partial charge is 0.128 e. The highest BCUT2D eigenvalue weighted by molar-refractivity contribution is 7.19. The quantitative estimate of drug-likeness (QED) is 0.197. The maximum atomic E-state index is 11.0. The van der Waals surface area contributed by atoms with E-state index in [0.29, 0.717) is 31.8 Å². The molecule has 1 N–H and O–H groups in total. The lowest BCUT2D eigenvalue weighted by molar-refractivity contribution is -0.165. The summed E-state index contributed by atoms with van der Waals surface area (Å²) in [4.78, 5) is 1.22. The SMILES string of the molecule is CCCCOc1cc(O)c(Cc2cc3ccccc3s2)cc1[C@H]1C[C@@H](OCCCC)[C@H](OCCCC)CO1. The maximum absolute atomic E-state index is 11.0. The zero-order chi connectivity index (χ0) is 26.7. The van der Waals surface area contributed by atoms with Gasteiger partial charge in [-0.05, 0) is 48.4 Å². The van der Waals surface area contributed by atoms with Gasteiger partial charge in [0.25, 0.3) is 0 Å². The molecule has 5 nitrogen and oxygen atoms in total. The van der Waals surface area contributed by atoms with E-state index in [2.05, 4.69) is 57.2 Å². The van der Waals surface area contributed by atoms with Crippen molar-refractivity contribution in [1.29, 1.82) is 0 Å².